The molecule has 2 aliphatic rings. The number of carbonyl (C=O) groups is 2. The number of hydrogen-bond acceptors (Lipinski definition) is 9. The maximum atomic E-state index is 13.8. The number of aromatic nitrogens is 1. The Bertz CT molecular complexity index is 1460. The van der Waals surface area contributed by atoms with Crippen LogP contribution in [0.2, 0.25) is 0 Å². The van der Waals surface area contributed by atoms with Gasteiger partial charge in [-0.15, -0.1) is 0 Å². The Hall–Kier alpha value is -3.65. The number of fused-ring (bicyclic) bond motifs is 1. The number of piperazine rings is 1. The van der Waals surface area contributed by atoms with Crippen molar-refractivity contribution in [2.75, 3.05) is 65.0 Å². The molecule has 1 aromatic heterocycles. The van der Waals surface area contributed by atoms with Gasteiger partial charge in [0.25, 0.3) is 17.5 Å². The minimum absolute atomic E-state index is 0.132. The van der Waals surface area contributed by atoms with Gasteiger partial charge in [0, 0.05) is 74.8 Å². The Kier molecular flexibility index (Phi) is 9.62. The molecule has 0 bridgehead atoms. The molecule has 2 amide bonds. The number of rotatable bonds is 9. The Labute approximate surface area is 251 Å². The molecule has 5 rings (SSSR count). The van der Waals surface area contributed by atoms with Crippen molar-refractivity contribution in [2.45, 2.75) is 18.5 Å². The van der Waals surface area contributed by atoms with Gasteiger partial charge < -0.3 is 25.0 Å². The van der Waals surface area contributed by atoms with E-state index >= 15 is 0 Å². The van der Waals surface area contributed by atoms with Gasteiger partial charge in [-0.05, 0) is 17.9 Å². The first kappa shape index (κ1) is 29.8. The molecule has 42 heavy (non-hydrogen) atoms. The summed E-state index contributed by atoms with van der Waals surface area (Å²) in [5, 5.41) is 20.1. The molecule has 13 heteroatoms. The predicted molar refractivity (Wildman–Crippen MR) is 161 cm³/mol. The second-order valence-corrected chi connectivity index (χ2v) is 11.2. The van der Waals surface area contributed by atoms with Gasteiger partial charge in [-0.2, -0.15) is 0 Å². The highest BCUT2D eigenvalue weighted by Crippen LogP contribution is 2.35. The summed E-state index contributed by atoms with van der Waals surface area (Å²) in [5.41, 5.74) is 0.540. The van der Waals surface area contributed by atoms with Crippen molar-refractivity contribution in [1.82, 2.24) is 20.1 Å². The fraction of sp³-hybridized carbons (Fsp3) is 0.414. The van der Waals surface area contributed by atoms with Crippen LogP contribution in [0, 0.1) is 10.1 Å². The molecule has 0 aliphatic carbocycles. The van der Waals surface area contributed by atoms with Crippen LogP contribution in [0.1, 0.15) is 27.1 Å². The molecule has 2 saturated heterocycles. The minimum Gasteiger partial charge on any atom is -0.383 e. The zero-order chi connectivity index (χ0) is 29.6. The Morgan fingerprint density at radius 3 is 2.69 bits per heavy atom. The Balaban J connectivity index is 1.39. The van der Waals surface area contributed by atoms with Gasteiger partial charge in [0.2, 0.25) is 0 Å². The third-order valence-corrected chi connectivity index (χ3v) is 8.15. The van der Waals surface area contributed by atoms with Crippen molar-refractivity contribution in [3.8, 4) is 0 Å². The first-order chi connectivity index (χ1) is 20.4. The number of amides is 2. The van der Waals surface area contributed by atoms with Gasteiger partial charge in [0.15, 0.2) is 0 Å². The van der Waals surface area contributed by atoms with Crippen molar-refractivity contribution in [2.24, 2.45) is 0 Å². The van der Waals surface area contributed by atoms with Crippen molar-refractivity contribution < 1.29 is 24.0 Å². The van der Waals surface area contributed by atoms with Crippen LogP contribution in [0.25, 0.3) is 10.8 Å². The second-order valence-electron chi connectivity index (χ2n) is 10.3. The van der Waals surface area contributed by atoms with Gasteiger partial charge in [0.1, 0.15) is 5.69 Å². The van der Waals surface area contributed by atoms with Crippen LogP contribution in [-0.2, 0) is 9.47 Å². The van der Waals surface area contributed by atoms with Crippen LogP contribution in [0.15, 0.2) is 53.3 Å². The fourth-order valence-corrected chi connectivity index (χ4v) is 5.85. The van der Waals surface area contributed by atoms with Gasteiger partial charge in [-0.1, -0.05) is 40.2 Å². The summed E-state index contributed by atoms with van der Waals surface area (Å²) in [6, 6.07) is 9.55. The average molecular weight is 642 g/mol. The molecule has 2 fully saturated rings. The second kappa shape index (κ2) is 13.6. The molecule has 3 heterocycles. The van der Waals surface area contributed by atoms with E-state index < -0.39 is 17.0 Å². The van der Waals surface area contributed by atoms with E-state index in [9.17, 15) is 19.7 Å². The van der Waals surface area contributed by atoms with Crippen molar-refractivity contribution >= 4 is 49.9 Å². The summed E-state index contributed by atoms with van der Waals surface area (Å²) in [7, 11) is 1.66. The van der Waals surface area contributed by atoms with Crippen LogP contribution < -0.4 is 10.6 Å². The predicted octanol–water partition coefficient (Wildman–Crippen LogP) is 3.31. The third-order valence-electron chi connectivity index (χ3n) is 7.70. The number of halogens is 1. The summed E-state index contributed by atoms with van der Waals surface area (Å²) in [5.74, 6) is -0.614. The van der Waals surface area contributed by atoms with Crippen LogP contribution in [0.3, 0.4) is 0 Å². The normalized spacial score (nSPS) is 19.4. The lowest BCUT2D eigenvalue weighted by atomic mass is 10.00. The molecule has 0 saturated carbocycles. The van der Waals surface area contributed by atoms with E-state index in [2.05, 4.69) is 36.4 Å². The number of anilines is 1. The summed E-state index contributed by atoms with van der Waals surface area (Å²) in [6.45, 7) is 4.36. The standard InChI is InChI=1S/C29H33BrN6O6/c1-41-13-11-34-7-9-35(10-8-34)29(38)22-14-20(30)15-26(36(39)40)27(22)32-24-6-12-42-18-25(24)33-28(37)23-17-31-16-19-4-2-3-5-21(19)23/h2-5,14-17,24-25,32H,6-13,18H2,1H3,(H,33,37)/t24-,25+/m1/s1. The van der Waals surface area contributed by atoms with E-state index in [0.717, 1.165) is 17.3 Å². The summed E-state index contributed by atoms with van der Waals surface area (Å²) >= 11 is 3.35. The molecular formula is C29H33BrN6O6. The molecule has 3 aromatic rings. The largest absolute Gasteiger partial charge is 0.383 e. The number of carbonyl (C=O) groups excluding carboxylic acids is 2. The molecule has 0 radical (unpaired) electrons. The van der Waals surface area contributed by atoms with E-state index in [4.69, 9.17) is 9.47 Å². The first-order valence-corrected chi connectivity index (χ1v) is 14.6. The van der Waals surface area contributed by atoms with Crippen molar-refractivity contribution in [3.05, 3.63) is 74.5 Å². The van der Waals surface area contributed by atoms with E-state index in [0.29, 0.717) is 55.8 Å². The first-order valence-electron chi connectivity index (χ1n) is 13.8. The maximum absolute atomic E-state index is 13.8. The molecule has 0 spiro atoms. The number of pyridine rings is 1. The molecule has 2 N–H and O–H groups in total. The van der Waals surface area contributed by atoms with Crippen molar-refractivity contribution in [1.29, 1.82) is 0 Å². The van der Waals surface area contributed by atoms with E-state index in [1.165, 1.54) is 12.3 Å². The lowest BCUT2D eigenvalue weighted by Crippen LogP contribution is -2.53. The number of methoxy groups -OCH3 is 1. The highest BCUT2D eigenvalue weighted by molar-refractivity contribution is 9.10. The summed E-state index contributed by atoms with van der Waals surface area (Å²) in [6.07, 6.45) is 3.69. The molecule has 2 aliphatic heterocycles. The number of benzene rings is 2. The minimum atomic E-state index is -0.513. The monoisotopic (exact) mass is 640 g/mol. The van der Waals surface area contributed by atoms with E-state index in [1.807, 2.05) is 24.3 Å². The Morgan fingerprint density at radius 2 is 1.93 bits per heavy atom. The van der Waals surface area contributed by atoms with E-state index in [-0.39, 0.29) is 35.4 Å². The molecule has 2 aromatic carbocycles. The number of nitrogens with one attached hydrogen (secondary N) is 2. The van der Waals surface area contributed by atoms with Crippen molar-refractivity contribution in [3.63, 3.8) is 0 Å². The Morgan fingerprint density at radius 1 is 1.14 bits per heavy atom. The summed E-state index contributed by atoms with van der Waals surface area (Å²) in [4.78, 5) is 47.0. The van der Waals surface area contributed by atoms with Crippen LogP contribution in [0.5, 0.6) is 0 Å². The van der Waals surface area contributed by atoms with Crippen LogP contribution in [-0.4, -0.2) is 103 Å². The average Bonchev–Trinajstić information content (AvgIpc) is 3.01. The third kappa shape index (κ3) is 6.70. The lowest BCUT2D eigenvalue weighted by molar-refractivity contribution is -0.384. The number of nitro benzene ring substituents is 1. The van der Waals surface area contributed by atoms with Gasteiger partial charge >= 0.3 is 0 Å². The smallest absolute Gasteiger partial charge is 0.294 e. The summed E-state index contributed by atoms with van der Waals surface area (Å²) < 4.78 is 11.3. The zero-order valence-corrected chi connectivity index (χ0v) is 24.8. The molecule has 2 atom stereocenters. The highest BCUT2D eigenvalue weighted by Gasteiger charge is 2.34. The fourth-order valence-electron chi connectivity index (χ4n) is 5.40. The molecular weight excluding hydrogens is 608 g/mol. The molecule has 0 unspecified atom stereocenters. The highest BCUT2D eigenvalue weighted by atomic mass is 79.9. The van der Waals surface area contributed by atoms with Gasteiger partial charge in [0.05, 0.1) is 41.3 Å². The lowest BCUT2D eigenvalue weighted by Gasteiger charge is -2.36. The number of ether oxygens (including phenoxy) is 2. The quantitative estimate of drug-likeness (QED) is 0.266. The zero-order valence-electron chi connectivity index (χ0n) is 23.3. The topological polar surface area (TPSA) is 139 Å². The number of hydrogen-bond donors (Lipinski definition) is 2. The molecule has 12 nitrogen and oxygen atoms in total. The van der Waals surface area contributed by atoms with E-state index in [1.54, 1.807) is 24.3 Å². The van der Waals surface area contributed by atoms with Crippen LogP contribution in [0.4, 0.5) is 11.4 Å². The van der Waals surface area contributed by atoms with Gasteiger partial charge in [-0.25, -0.2) is 0 Å². The molecule has 222 valence electrons. The maximum Gasteiger partial charge on any atom is 0.294 e. The number of nitro groups is 1. The SMILES string of the molecule is COCCN1CCN(C(=O)c2cc(Br)cc([N+](=O)[O-])c2N[C@@H]2CCOC[C@@H]2NC(=O)c2cncc3ccccc23)CC1. The van der Waals surface area contributed by atoms with Gasteiger partial charge in [-0.3, -0.25) is 29.6 Å². The number of nitrogens with zero attached hydrogens (tertiary/aromatic N) is 4. The van der Waals surface area contributed by atoms with Crippen LogP contribution >= 0.6 is 15.9 Å².